The molecule has 19 heavy (non-hydrogen) atoms. The second kappa shape index (κ2) is 6.38. The van der Waals surface area contributed by atoms with Crippen LogP contribution in [0.5, 0.6) is 11.5 Å². The molecular weight excluding hydrogens is 328 g/mol. The lowest BCUT2D eigenvalue weighted by molar-refractivity contribution is 0.349. The van der Waals surface area contributed by atoms with Gasteiger partial charge in [0.25, 0.3) is 0 Å². The van der Waals surface area contributed by atoms with Crippen molar-refractivity contribution in [3.8, 4) is 11.5 Å². The summed E-state index contributed by atoms with van der Waals surface area (Å²) in [5, 5.41) is 2.01. The number of hydrogen-bond acceptors (Lipinski definition) is 5. The minimum atomic E-state index is -0.153. The Balaban J connectivity index is 2.53. The van der Waals surface area contributed by atoms with Crippen molar-refractivity contribution < 1.29 is 9.47 Å². The van der Waals surface area contributed by atoms with Gasteiger partial charge >= 0.3 is 0 Å². The molecule has 1 heterocycles. The highest BCUT2D eigenvalue weighted by Crippen LogP contribution is 2.40. The molecule has 0 aliphatic rings. The van der Waals surface area contributed by atoms with Crippen LogP contribution in [0.1, 0.15) is 16.5 Å². The Morgan fingerprint density at radius 3 is 2.58 bits per heavy atom. The van der Waals surface area contributed by atoms with Gasteiger partial charge in [0.1, 0.15) is 0 Å². The van der Waals surface area contributed by atoms with E-state index in [0.29, 0.717) is 11.5 Å². The first-order chi connectivity index (χ1) is 9.22. The van der Waals surface area contributed by atoms with Gasteiger partial charge in [-0.05, 0) is 33.4 Å². The standard InChI is InChI=1S/C13H15BrN2O2S/c1-17-10-5-3-4-8(12(10)18-2)11(16-15)13-9(14)6-7-19-13/h3-7,11,16H,15H2,1-2H3. The third-order valence-corrected chi connectivity index (χ3v) is 4.75. The number of methoxy groups -OCH3 is 2. The Morgan fingerprint density at radius 1 is 1.26 bits per heavy atom. The van der Waals surface area contributed by atoms with E-state index in [2.05, 4.69) is 21.4 Å². The number of hydrogen-bond donors (Lipinski definition) is 2. The fraction of sp³-hybridized carbons (Fsp3) is 0.231. The van der Waals surface area contributed by atoms with Crippen molar-refractivity contribution in [1.82, 2.24) is 5.43 Å². The van der Waals surface area contributed by atoms with Crippen LogP contribution in [-0.4, -0.2) is 14.2 Å². The van der Waals surface area contributed by atoms with Crippen molar-refractivity contribution in [2.45, 2.75) is 6.04 Å². The first-order valence-electron chi connectivity index (χ1n) is 5.62. The van der Waals surface area contributed by atoms with E-state index in [1.807, 2.05) is 29.6 Å². The van der Waals surface area contributed by atoms with Crippen molar-refractivity contribution >= 4 is 27.3 Å². The monoisotopic (exact) mass is 342 g/mol. The maximum absolute atomic E-state index is 5.72. The number of benzene rings is 1. The quantitative estimate of drug-likeness (QED) is 0.647. The molecule has 0 radical (unpaired) electrons. The van der Waals surface area contributed by atoms with Crippen LogP contribution in [0.2, 0.25) is 0 Å². The zero-order valence-electron chi connectivity index (χ0n) is 10.6. The van der Waals surface area contributed by atoms with E-state index in [1.165, 1.54) is 0 Å². The lowest BCUT2D eigenvalue weighted by Crippen LogP contribution is -2.28. The molecule has 2 rings (SSSR count). The predicted octanol–water partition coefficient (Wildman–Crippen LogP) is 3.08. The van der Waals surface area contributed by atoms with Crippen LogP contribution in [0.4, 0.5) is 0 Å². The Morgan fingerprint density at radius 2 is 2.05 bits per heavy atom. The molecule has 1 unspecified atom stereocenters. The predicted molar refractivity (Wildman–Crippen MR) is 80.7 cm³/mol. The van der Waals surface area contributed by atoms with Crippen LogP contribution < -0.4 is 20.7 Å². The molecule has 0 aliphatic heterocycles. The summed E-state index contributed by atoms with van der Waals surface area (Å²) in [6.07, 6.45) is 0. The Hall–Kier alpha value is -1.08. The Kier molecular flexibility index (Phi) is 4.81. The van der Waals surface area contributed by atoms with Gasteiger partial charge in [0.15, 0.2) is 11.5 Å². The Bertz CT molecular complexity index is 559. The van der Waals surface area contributed by atoms with Crippen LogP contribution in [0.25, 0.3) is 0 Å². The maximum Gasteiger partial charge on any atom is 0.165 e. The SMILES string of the molecule is COc1cccc(C(NN)c2sccc2Br)c1OC. The van der Waals surface area contributed by atoms with Gasteiger partial charge in [0, 0.05) is 14.9 Å². The number of nitrogens with one attached hydrogen (secondary N) is 1. The number of rotatable bonds is 5. The number of ether oxygens (including phenoxy) is 2. The zero-order chi connectivity index (χ0) is 13.8. The molecule has 4 nitrogen and oxygen atoms in total. The fourth-order valence-electron chi connectivity index (χ4n) is 1.96. The van der Waals surface area contributed by atoms with Crippen molar-refractivity contribution in [2.75, 3.05) is 14.2 Å². The average molecular weight is 343 g/mol. The summed E-state index contributed by atoms with van der Waals surface area (Å²) < 4.78 is 11.8. The van der Waals surface area contributed by atoms with E-state index in [1.54, 1.807) is 25.6 Å². The summed E-state index contributed by atoms with van der Waals surface area (Å²) in [6, 6.07) is 7.59. The normalized spacial score (nSPS) is 12.2. The van der Waals surface area contributed by atoms with Gasteiger partial charge in [-0.25, -0.2) is 5.43 Å². The van der Waals surface area contributed by atoms with Crippen molar-refractivity contribution in [3.05, 3.63) is 44.6 Å². The molecule has 0 amide bonds. The van der Waals surface area contributed by atoms with Gasteiger partial charge in [-0.1, -0.05) is 12.1 Å². The van der Waals surface area contributed by atoms with Gasteiger partial charge in [-0.15, -0.1) is 11.3 Å². The first-order valence-corrected chi connectivity index (χ1v) is 7.30. The summed E-state index contributed by atoms with van der Waals surface area (Å²) in [5.74, 6) is 7.10. The smallest absolute Gasteiger partial charge is 0.165 e. The molecule has 1 aromatic carbocycles. The summed E-state index contributed by atoms with van der Waals surface area (Å²) in [7, 11) is 3.24. The van der Waals surface area contributed by atoms with Crippen LogP contribution >= 0.6 is 27.3 Å². The molecule has 2 aromatic rings. The molecule has 3 N–H and O–H groups in total. The van der Waals surface area contributed by atoms with Crippen LogP contribution in [0.15, 0.2) is 34.1 Å². The molecule has 0 aliphatic carbocycles. The highest BCUT2D eigenvalue weighted by molar-refractivity contribution is 9.10. The average Bonchev–Trinajstić information content (AvgIpc) is 2.85. The molecular formula is C13H15BrN2O2S. The minimum absolute atomic E-state index is 0.153. The van der Waals surface area contributed by atoms with Gasteiger partial charge < -0.3 is 9.47 Å². The van der Waals surface area contributed by atoms with E-state index in [0.717, 1.165) is 14.9 Å². The van der Waals surface area contributed by atoms with Gasteiger partial charge in [-0.3, -0.25) is 5.84 Å². The molecule has 0 spiro atoms. The molecule has 0 saturated carbocycles. The third-order valence-electron chi connectivity index (χ3n) is 2.82. The molecule has 0 saturated heterocycles. The van der Waals surface area contributed by atoms with Gasteiger partial charge in [0.05, 0.1) is 20.3 Å². The minimum Gasteiger partial charge on any atom is -0.493 e. The van der Waals surface area contributed by atoms with E-state index in [-0.39, 0.29) is 6.04 Å². The highest BCUT2D eigenvalue weighted by Gasteiger charge is 2.22. The molecule has 0 bridgehead atoms. The summed E-state index contributed by atoms with van der Waals surface area (Å²) in [4.78, 5) is 1.09. The maximum atomic E-state index is 5.72. The highest BCUT2D eigenvalue weighted by atomic mass is 79.9. The number of thiophene rings is 1. The first kappa shape index (κ1) is 14.3. The van der Waals surface area contributed by atoms with Gasteiger partial charge in [-0.2, -0.15) is 0 Å². The topological polar surface area (TPSA) is 56.5 Å². The van der Waals surface area contributed by atoms with E-state index < -0.39 is 0 Å². The lowest BCUT2D eigenvalue weighted by Gasteiger charge is -2.20. The van der Waals surface area contributed by atoms with E-state index >= 15 is 0 Å². The van der Waals surface area contributed by atoms with Crippen LogP contribution in [0.3, 0.4) is 0 Å². The molecule has 1 aromatic heterocycles. The van der Waals surface area contributed by atoms with Crippen molar-refractivity contribution in [1.29, 1.82) is 0 Å². The van der Waals surface area contributed by atoms with Gasteiger partial charge in [0.2, 0.25) is 0 Å². The van der Waals surface area contributed by atoms with Crippen molar-refractivity contribution in [2.24, 2.45) is 5.84 Å². The van der Waals surface area contributed by atoms with Crippen molar-refractivity contribution in [3.63, 3.8) is 0 Å². The van der Waals surface area contributed by atoms with E-state index in [4.69, 9.17) is 15.3 Å². The summed E-state index contributed by atoms with van der Waals surface area (Å²) >= 11 is 5.15. The second-order valence-electron chi connectivity index (χ2n) is 3.82. The van der Waals surface area contributed by atoms with Crippen LogP contribution in [-0.2, 0) is 0 Å². The molecule has 1 atom stereocenters. The number of halogens is 1. The summed E-state index contributed by atoms with van der Waals surface area (Å²) in [6.45, 7) is 0. The number of para-hydroxylation sites is 1. The zero-order valence-corrected chi connectivity index (χ0v) is 13.0. The van der Waals surface area contributed by atoms with E-state index in [9.17, 15) is 0 Å². The molecule has 6 heteroatoms. The van der Waals surface area contributed by atoms with Crippen LogP contribution in [0, 0.1) is 0 Å². The molecule has 102 valence electrons. The fourth-order valence-corrected chi connectivity index (χ4v) is 3.64. The Labute approximate surface area is 124 Å². The number of nitrogens with two attached hydrogens (primary N) is 1. The second-order valence-corrected chi connectivity index (χ2v) is 5.62. The molecule has 0 fully saturated rings. The summed E-state index contributed by atoms with van der Waals surface area (Å²) in [5.41, 5.74) is 3.77. The third kappa shape index (κ3) is 2.76. The number of hydrazine groups is 1. The largest absolute Gasteiger partial charge is 0.493 e. The lowest BCUT2D eigenvalue weighted by atomic mass is 10.0.